The predicted octanol–water partition coefficient (Wildman–Crippen LogP) is 1.79. The van der Waals surface area contributed by atoms with Gasteiger partial charge in [-0.15, -0.1) is 0 Å². The quantitative estimate of drug-likeness (QED) is 0.803. The number of piperazine rings is 1. The Bertz CT molecular complexity index is 396. The van der Waals surface area contributed by atoms with Gasteiger partial charge in [-0.05, 0) is 17.7 Å². The van der Waals surface area contributed by atoms with Crippen LogP contribution in [0.25, 0.3) is 0 Å². The minimum atomic E-state index is 0.780. The zero-order valence-corrected chi connectivity index (χ0v) is 10.6. The lowest BCUT2D eigenvalue weighted by Gasteiger charge is -2.24. The van der Waals surface area contributed by atoms with E-state index in [1.54, 1.807) is 0 Å². The van der Waals surface area contributed by atoms with Crippen LogP contribution in [0.5, 0.6) is 0 Å². The molecular formula is C14H17ClN2. The van der Waals surface area contributed by atoms with Crippen molar-refractivity contribution in [3.63, 3.8) is 0 Å². The molecule has 0 unspecified atom stereocenters. The molecule has 1 aliphatic heterocycles. The molecule has 1 saturated heterocycles. The number of rotatable bonds is 2. The standard InChI is InChI=1S/C14H17ClN2/c15-14-6-4-13(5-7-14)3-1-2-10-17-11-8-16-9-12-17/h4-7,16H,3,8-12H2. The van der Waals surface area contributed by atoms with Crippen LogP contribution in [0.4, 0.5) is 0 Å². The van der Waals surface area contributed by atoms with Crippen molar-refractivity contribution in [3.8, 4) is 11.8 Å². The SMILES string of the molecule is Clc1ccc(CC#CCN2CCNCC2)cc1. The lowest BCUT2D eigenvalue weighted by molar-refractivity contribution is 0.268. The van der Waals surface area contributed by atoms with Crippen molar-refractivity contribution < 1.29 is 0 Å². The first-order chi connectivity index (χ1) is 8.34. The Labute approximate surface area is 108 Å². The van der Waals surface area contributed by atoms with E-state index >= 15 is 0 Å². The molecule has 0 atom stereocenters. The average Bonchev–Trinajstić information content (AvgIpc) is 2.38. The average molecular weight is 249 g/mol. The fraction of sp³-hybridized carbons (Fsp3) is 0.429. The van der Waals surface area contributed by atoms with E-state index in [9.17, 15) is 0 Å². The number of benzene rings is 1. The van der Waals surface area contributed by atoms with Crippen molar-refractivity contribution in [2.45, 2.75) is 6.42 Å². The second kappa shape index (κ2) is 6.66. The predicted molar refractivity (Wildman–Crippen MR) is 72.2 cm³/mol. The third-order valence-corrected chi connectivity index (χ3v) is 3.10. The molecule has 0 spiro atoms. The maximum atomic E-state index is 5.83. The van der Waals surface area contributed by atoms with E-state index in [0.717, 1.165) is 44.2 Å². The zero-order valence-electron chi connectivity index (χ0n) is 9.88. The summed E-state index contributed by atoms with van der Waals surface area (Å²) in [6.07, 6.45) is 0.809. The van der Waals surface area contributed by atoms with Gasteiger partial charge in [0.05, 0.1) is 6.54 Å². The number of nitrogens with one attached hydrogen (secondary N) is 1. The molecule has 0 aliphatic carbocycles. The van der Waals surface area contributed by atoms with Gasteiger partial charge in [0.1, 0.15) is 0 Å². The second-order valence-electron chi connectivity index (χ2n) is 4.18. The molecule has 0 bridgehead atoms. The van der Waals surface area contributed by atoms with E-state index < -0.39 is 0 Å². The van der Waals surface area contributed by atoms with Crippen LogP contribution in [0.3, 0.4) is 0 Å². The summed E-state index contributed by atoms with van der Waals surface area (Å²) in [5, 5.41) is 4.11. The second-order valence-corrected chi connectivity index (χ2v) is 4.62. The zero-order chi connectivity index (χ0) is 11.9. The van der Waals surface area contributed by atoms with Crippen molar-refractivity contribution >= 4 is 11.6 Å². The van der Waals surface area contributed by atoms with Gasteiger partial charge in [0.2, 0.25) is 0 Å². The van der Waals surface area contributed by atoms with Crippen molar-refractivity contribution in [1.82, 2.24) is 10.2 Å². The van der Waals surface area contributed by atoms with Gasteiger partial charge in [0.25, 0.3) is 0 Å². The smallest absolute Gasteiger partial charge is 0.0602 e. The molecule has 1 aromatic rings. The van der Waals surface area contributed by atoms with E-state index in [0.29, 0.717) is 0 Å². The van der Waals surface area contributed by atoms with Crippen LogP contribution in [-0.2, 0) is 6.42 Å². The van der Waals surface area contributed by atoms with Gasteiger partial charge < -0.3 is 5.32 Å². The molecule has 2 nitrogen and oxygen atoms in total. The van der Waals surface area contributed by atoms with Crippen molar-refractivity contribution in [3.05, 3.63) is 34.9 Å². The van der Waals surface area contributed by atoms with Crippen molar-refractivity contribution in [1.29, 1.82) is 0 Å². The summed E-state index contributed by atoms with van der Waals surface area (Å²) < 4.78 is 0. The first-order valence-electron chi connectivity index (χ1n) is 5.98. The third kappa shape index (κ3) is 4.40. The summed E-state index contributed by atoms with van der Waals surface area (Å²) in [5.74, 6) is 6.45. The van der Waals surface area contributed by atoms with Crippen LogP contribution >= 0.6 is 11.6 Å². The molecule has 0 aromatic heterocycles. The Kier molecular flexibility index (Phi) is 4.88. The molecule has 0 amide bonds. The topological polar surface area (TPSA) is 15.3 Å². The largest absolute Gasteiger partial charge is 0.314 e. The van der Waals surface area contributed by atoms with E-state index in [1.165, 1.54) is 5.56 Å². The molecule has 0 saturated carbocycles. The number of hydrogen-bond donors (Lipinski definition) is 1. The lowest BCUT2D eigenvalue weighted by atomic mass is 10.1. The fourth-order valence-electron chi connectivity index (χ4n) is 1.80. The molecule has 17 heavy (non-hydrogen) atoms. The maximum Gasteiger partial charge on any atom is 0.0602 e. The van der Waals surface area contributed by atoms with Crippen LogP contribution in [-0.4, -0.2) is 37.6 Å². The molecule has 1 aliphatic rings. The fourth-order valence-corrected chi connectivity index (χ4v) is 1.93. The first-order valence-corrected chi connectivity index (χ1v) is 6.35. The lowest BCUT2D eigenvalue weighted by Crippen LogP contribution is -2.43. The summed E-state index contributed by atoms with van der Waals surface area (Å²) in [5.41, 5.74) is 1.22. The van der Waals surface area contributed by atoms with Gasteiger partial charge in [-0.3, -0.25) is 4.90 Å². The maximum absolute atomic E-state index is 5.83. The highest BCUT2D eigenvalue weighted by molar-refractivity contribution is 6.30. The third-order valence-electron chi connectivity index (χ3n) is 2.84. The molecule has 2 rings (SSSR count). The van der Waals surface area contributed by atoms with Crippen LogP contribution < -0.4 is 5.32 Å². The monoisotopic (exact) mass is 248 g/mol. The normalized spacial score (nSPS) is 16.3. The molecule has 90 valence electrons. The van der Waals surface area contributed by atoms with Gasteiger partial charge in [0, 0.05) is 37.6 Å². The van der Waals surface area contributed by atoms with Gasteiger partial charge >= 0.3 is 0 Å². The minimum absolute atomic E-state index is 0.780. The highest BCUT2D eigenvalue weighted by Gasteiger charge is 2.06. The highest BCUT2D eigenvalue weighted by Crippen LogP contribution is 2.09. The summed E-state index contributed by atoms with van der Waals surface area (Å²) in [6, 6.07) is 7.88. The van der Waals surface area contributed by atoms with E-state index in [2.05, 4.69) is 22.1 Å². The van der Waals surface area contributed by atoms with Crippen molar-refractivity contribution in [2.24, 2.45) is 0 Å². The number of halogens is 1. The minimum Gasteiger partial charge on any atom is -0.314 e. The molecule has 1 heterocycles. The van der Waals surface area contributed by atoms with Crippen LogP contribution in [0, 0.1) is 11.8 Å². The molecular weight excluding hydrogens is 232 g/mol. The first kappa shape index (κ1) is 12.4. The number of hydrogen-bond acceptors (Lipinski definition) is 2. The Balaban J connectivity index is 1.76. The van der Waals surface area contributed by atoms with Gasteiger partial charge in [-0.2, -0.15) is 0 Å². The molecule has 1 N–H and O–H groups in total. The Morgan fingerprint density at radius 3 is 2.53 bits per heavy atom. The van der Waals surface area contributed by atoms with E-state index in [-0.39, 0.29) is 0 Å². The van der Waals surface area contributed by atoms with Crippen LogP contribution in [0.2, 0.25) is 5.02 Å². The summed E-state index contributed by atoms with van der Waals surface area (Å²) in [6.45, 7) is 5.26. The van der Waals surface area contributed by atoms with Crippen molar-refractivity contribution in [2.75, 3.05) is 32.7 Å². The summed E-state index contributed by atoms with van der Waals surface area (Å²) in [7, 11) is 0. The molecule has 0 radical (unpaired) electrons. The van der Waals surface area contributed by atoms with Gasteiger partial charge in [-0.1, -0.05) is 35.6 Å². The number of nitrogens with zero attached hydrogens (tertiary/aromatic N) is 1. The Morgan fingerprint density at radius 1 is 1.12 bits per heavy atom. The molecule has 1 aromatic carbocycles. The highest BCUT2D eigenvalue weighted by atomic mass is 35.5. The van der Waals surface area contributed by atoms with Crippen LogP contribution in [0.1, 0.15) is 5.56 Å². The van der Waals surface area contributed by atoms with Gasteiger partial charge in [0.15, 0.2) is 0 Å². The van der Waals surface area contributed by atoms with Gasteiger partial charge in [-0.25, -0.2) is 0 Å². The molecule has 3 heteroatoms. The Hall–Kier alpha value is -1.01. The van der Waals surface area contributed by atoms with Crippen LogP contribution in [0.15, 0.2) is 24.3 Å². The summed E-state index contributed by atoms with van der Waals surface area (Å²) >= 11 is 5.83. The van der Waals surface area contributed by atoms with E-state index in [4.69, 9.17) is 11.6 Å². The van der Waals surface area contributed by atoms with E-state index in [1.807, 2.05) is 24.3 Å². The summed E-state index contributed by atoms with van der Waals surface area (Å²) in [4.78, 5) is 2.38. The molecule has 1 fully saturated rings. The Morgan fingerprint density at radius 2 is 1.82 bits per heavy atom.